The molecule has 9 aromatic carbocycles. The van der Waals surface area contributed by atoms with Crippen molar-refractivity contribution in [1.82, 2.24) is 9.55 Å². The molecule has 76 heavy (non-hydrogen) atoms. The third kappa shape index (κ3) is 7.88. The highest BCUT2D eigenvalue weighted by atomic mass is 16.5. The molecular formula is C71H60N4O. The van der Waals surface area contributed by atoms with E-state index in [0.717, 1.165) is 50.4 Å². The van der Waals surface area contributed by atoms with Gasteiger partial charge in [-0.15, -0.1) is 0 Å². The van der Waals surface area contributed by atoms with Crippen molar-refractivity contribution in [2.75, 3.05) is 16.5 Å². The molecule has 0 N–H and O–H groups in total. The molecule has 0 amide bonds. The second-order valence-electron chi connectivity index (χ2n) is 22.5. The SMILES string of the molecule is CC(C)(C)c1ccc(C2(c3ccnc(-n4c5ccccc5c5ccc(Oc6cccc(N7C=CN(c8c(-c9ccccc9)cc(C(C)(C)C)cc8-c8ccccc8)C7)c6)cc54)c3)c3ccccc3-c3ccccc32)cc1. The van der Waals surface area contributed by atoms with Gasteiger partial charge < -0.3 is 14.5 Å². The van der Waals surface area contributed by atoms with Crippen LogP contribution in [-0.2, 0) is 16.2 Å². The van der Waals surface area contributed by atoms with Gasteiger partial charge in [-0.1, -0.05) is 199 Å². The van der Waals surface area contributed by atoms with Gasteiger partial charge in [0.1, 0.15) is 17.3 Å². The Balaban J connectivity index is 0.869. The topological polar surface area (TPSA) is 33.5 Å². The second kappa shape index (κ2) is 18.2. The summed E-state index contributed by atoms with van der Waals surface area (Å²) in [6.07, 6.45) is 6.38. The molecule has 0 unspecified atom stereocenters. The zero-order valence-electron chi connectivity index (χ0n) is 44.0. The standard InChI is InChI=1S/C71H60N4O/c1-69(2,3)50-32-34-51(35-33-50)71(63-29-16-13-26-57(63)58-27-14-17-30-64(58)71)52-38-39-72-67(44-52)75-65-31-18-15-28-59(65)60-37-36-56(46-66(60)75)76-55-25-19-24-54(45-55)73-40-41-74(47-73)68-61(48-20-9-7-10-21-48)42-53(70(4,5)6)43-62(68)49-22-11-8-12-23-49/h7-46H,47H2,1-6H3. The molecular weight excluding hydrogens is 925 g/mol. The van der Waals surface area contributed by atoms with Gasteiger partial charge in [0.2, 0.25) is 0 Å². The summed E-state index contributed by atoms with van der Waals surface area (Å²) in [4.78, 5) is 9.88. The lowest BCUT2D eigenvalue weighted by Crippen LogP contribution is -2.29. The number of para-hydroxylation sites is 1. The van der Waals surface area contributed by atoms with Gasteiger partial charge in [-0.25, -0.2) is 4.98 Å². The van der Waals surface area contributed by atoms with Crippen LogP contribution in [0, 0.1) is 0 Å². The van der Waals surface area contributed by atoms with Crippen LogP contribution >= 0.6 is 0 Å². The summed E-state index contributed by atoms with van der Waals surface area (Å²) in [7, 11) is 0. The van der Waals surface area contributed by atoms with Crippen LogP contribution in [0.5, 0.6) is 11.5 Å². The molecule has 5 heteroatoms. The minimum absolute atomic E-state index is 0.0251. The Morgan fingerprint density at radius 2 is 1.01 bits per heavy atom. The molecule has 3 heterocycles. The first-order chi connectivity index (χ1) is 36.9. The predicted molar refractivity (Wildman–Crippen MR) is 316 cm³/mol. The normalized spacial score (nSPS) is 13.9. The number of hydrogen-bond donors (Lipinski definition) is 0. The van der Waals surface area contributed by atoms with Crippen LogP contribution < -0.4 is 14.5 Å². The molecule has 0 saturated carbocycles. The first kappa shape index (κ1) is 46.8. The van der Waals surface area contributed by atoms with Crippen molar-refractivity contribution in [3.8, 4) is 50.7 Å². The maximum atomic E-state index is 6.88. The van der Waals surface area contributed by atoms with Crippen molar-refractivity contribution in [3.63, 3.8) is 0 Å². The summed E-state index contributed by atoms with van der Waals surface area (Å²) in [5.41, 5.74) is 18.6. The Labute approximate surface area is 446 Å². The highest BCUT2D eigenvalue weighted by Gasteiger charge is 2.46. The van der Waals surface area contributed by atoms with E-state index in [1.807, 2.05) is 12.3 Å². The average Bonchev–Trinajstić information content (AvgIpc) is 4.35. The van der Waals surface area contributed by atoms with Gasteiger partial charge in [0.15, 0.2) is 0 Å². The van der Waals surface area contributed by atoms with E-state index in [2.05, 4.69) is 287 Å². The van der Waals surface area contributed by atoms with Gasteiger partial charge in [0.05, 0.1) is 28.8 Å². The summed E-state index contributed by atoms with van der Waals surface area (Å²) < 4.78 is 9.19. The van der Waals surface area contributed by atoms with Crippen LogP contribution in [0.3, 0.4) is 0 Å². The van der Waals surface area contributed by atoms with E-state index in [-0.39, 0.29) is 10.8 Å². The molecule has 5 nitrogen and oxygen atoms in total. The summed E-state index contributed by atoms with van der Waals surface area (Å²) in [6, 6.07) is 81.7. The van der Waals surface area contributed by atoms with Gasteiger partial charge in [-0.2, -0.15) is 0 Å². The van der Waals surface area contributed by atoms with Crippen LogP contribution in [0.2, 0.25) is 0 Å². The molecule has 2 aliphatic rings. The highest BCUT2D eigenvalue weighted by molar-refractivity contribution is 6.09. The third-order valence-corrected chi connectivity index (χ3v) is 15.7. The fraction of sp³-hybridized carbons (Fsp3) is 0.141. The minimum Gasteiger partial charge on any atom is -0.457 e. The van der Waals surface area contributed by atoms with Crippen LogP contribution in [0.4, 0.5) is 11.4 Å². The van der Waals surface area contributed by atoms with Crippen LogP contribution in [0.25, 0.3) is 61.0 Å². The third-order valence-electron chi connectivity index (χ3n) is 15.7. The molecule has 0 saturated heterocycles. The van der Waals surface area contributed by atoms with E-state index in [4.69, 9.17) is 9.72 Å². The lowest BCUT2D eigenvalue weighted by molar-refractivity contribution is 0.483. The average molecular weight is 985 g/mol. The molecule has 1 aliphatic heterocycles. The van der Waals surface area contributed by atoms with Crippen molar-refractivity contribution < 1.29 is 4.74 Å². The van der Waals surface area contributed by atoms with Gasteiger partial charge in [-0.3, -0.25) is 4.57 Å². The van der Waals surface area contributed by atoms with E-state index in [1.165, 1.54) is 66.9 Å². The molecule has 2 aromatic heterocycles. The number of hydrogen-bond acceptors (Lipinski definition) is 4. The zero-order chi connectivity index (χ0) is 51.8. The van der Waals surface area contributed by atoms with Crippen molar-refractivity contribution in [1.29, 1.82) is 0 Å². The smallest absolute Gasteiger partial charge is 0.137 e. The predicted octanol–water partition coefficient (Wildman–Crippen LogP) is 18.0. The maximum Gasteiger partial charge on any atom is 0.137 e. The van der Waals surface area contributed by atoms with E-state index < -0.39 is 5.41 Å². The Morgan fingerprint density at radius 1 is 0.434 bits per heavy atom. The summed E-state index contributed by atoms with van der Waals surface area (Å²) in [6.45, 7) is 14.4. The molecule has 0 atom stereocenters. The molecule has 13 rings (SSSR count). The summed E-state index contributed by atoms with van der Waals surface area (Å²) in [5.74, 6) is 2.35. The fourth-order valence-corrected chi connectivity index (χ4v) is 11.9. The molecule has 1 aliphatic carbocycles. The van der Waals surface area contributed by atoms with E-state index in [0.29, 0.717) is 6.67 Å². The number of benzene rings is 9. The van der Waals surface area contributed by atoms with Crippen molar-refractivity contribution >= 4 is 33.2 Å². The Morgan fingerprint density at radius 3 is 1.67 bits per heavy atom. The van der Waals surface area contributed by atoms with Crippen LogP contribution in [0.1, 0.15) is 74.9 Å². The molecule has 0 bridgehead atoms. The van der Waals surface area contributed by atoms with Crippen molar-refractivity contribution in [3.05, 3.63) is 276 Å². The van der Waals surface area contributed by atoms with Gasteiger partial charge >= 0.3 is 0 Å². The number of fused-ring (bicyclic) bond motifs is 6. The van der Waals surface area contributed by atoms with Gasteiger partial charge in [0, 0.05) is 58.3 Å². The number of aromatic nitrogens is 2. The molecule has 0 spiro atoms. The molecule has 0 fully saturated rings. The van der Waals surface area contributed by atoms with Gasteiger partial charge in [-0.05, 0) is 121 Å². The minimum atomic E-state index is -0.577. The first-order valence-corrected chi connectivity index (χ1v) is 26.5. The number of rotatable bonds is 9. The van der Waals surface area contributed by atoms with E-state index >= 15 is 0 Å². The fourth-order valence-electron chi connectivity index (χ4n) is 11.9. The quantitative estimate of drug-likeness (QED) is 0.144. The lowest BCUT2D eigenvalue weighted by Gasteiger charge is -2.34. The lowest BCUT2D eigenvalue weighted by atomic mass is 9.67. The van der Waals surface area contributed by atoms with E-state index in [9.17, 15) is 0 Å². The maximum absolute atomic E-state index is 6.88. The molecule has 0 radical (unpaired) electrons. The number of ether oxygens (including phenoxy) is 1. The Kier molecular flexibility index (Phi) is 11.2. The largest absolute Gasteiger partial charge is 0.457 e. The molecule has 11 aromatic rings. The highest BCUT2D eigenvalue weighted by Crippen LogP contribution is 2.56. The first-order valence-electron chi connectivity index (χ1n) is 26.5. The summed E-state index contributed by atoms with van der Waals surface area (Å²) >= 11 is 0. The van der Waals surface area contributed by atoms with Gasteiger partial charge in [0.25, 0.3) is 0 Å². The van der Waals surface area contributed by atoms with Crippen molar-refractivity contribution in [2.24, 2.45) is 0 Å². The Bertz CT molecular complexity index is 3920. The van der Waals surface area contributed by atoms with Crippen LogP contribution in [0.15, 0.2) is 243 Å². The number of pyridine rings is 1. The number of anilines is 2. The zero-order valence-corrected chi connectivity index (χ0v) is 44.0. The molecule has 370 valence electrons. The summed E-state index contributed by atoms with van der Waals surface area (Å²) in [5, 5.41) is 2.29. The second-order valence-corrected chi connectivity index (χ2v) is 22.5. The van der Waals surface area contributed by atoms with Crippen molar-refractivity contribution in [2.45, 2.75) is 57.8 Å². The monoisotopic (exact) mass is 984 g/mol. The Hall–Kier alpha value is -8.93. The van der Waals surface area contributed by atoms with E-state index in [1.54, 1.807) is 0 Å². The number of nitrogens with zero attached hydrogens (tertiary/aromatic N) is 4. The van der Waals surface area contributed by atoms with Crippen LogP contribution in [-0.4, -0.2) is 16.2 Å².